The van der Waals surface area contributed by atoms with Gasteiger partial charge in [-0.2, -0.15) is 0 Å². The van der Waals surface area contributed by atoms with Crippen molar-refractivity contribution in [3.05, 3.63) is 35.9 Å². The number of nitrogens with two attached hydrogens (primary N) is 1. The van der Waals surface area contributed by atoms with Gasteiger partial charge in [0.2, 0.25) is 5.91 Å². The summed E-state index contributed by atoms with van der Waals surface area (Å²) < 4.78 is 0. The van der Waals surface area contributed by atoms with Gasteiger partial charge in [0, 0.05) is 6.42 Å². The van der Waals surface area contributed by atoms with Gasteiger partial charge in [-0.05, 0) is 18.4 Å². The van der Waals surface area contributed by atoms with Crippen LogP contribution in [0.3, 0.4) is 0 Å². The highest BCUT2D eigenvalue weighted by molar-refractivity contribution is 5.73. The monoisotopic (exact) mass is 223 g/mol. The van der Waals surface area contributed by atoms with E-state index in [1.807, 2.05) is 6.07 Å². The maximum atomic E-state index is 10.5. The Morgan fingerprint density at radius 1 is 1.25 bits per heavy atom. The van der Waals surface area contributed by atoms with E-state index in [1.165, 1.54) is 0 Å². The fraction of sp³-hybridized carbons (Fsp3) is 0.417. The first-order valence-electron chi connectivity index (χ1n) is 5.30. The maximum Gasteiger partial charge on any atom is 0.217 e. The zero-order valence-corrected chi connectivity index (χ0v) is 9.04. The molecule has 0 aliphatic heterocycles. The topological polar surface area (TPSA) is 83.6 Å². The largest absolute Gasteiger partial charge is 0.390 e. The van der Waals surface area contributed by atoms with Gasteiger partial charge in [0.15, 0.2) is 0 Å². The van der Waals surface area contributed by atoms with Crippen LogP contribution >= 0.6 is 0 Å². The molecule has 16 heavy (non-hydrogen) atoms. The van der Waals surface area contributed by atoms with E-state index in [9.17, 15) is 15.0 Å². The molecule has 88 valence electrons. The SMILES string of the molecule is NC(=O)CCCC(O)C(O)c1ccccc1. The van der Waals surface area contributed by atoms with E-state index in [0.717, 1.165) is 0 Å². The molecule has 2 unspecified atom stereocenters. The van der Waals surface area contributed by atoms with Gasteiger partial charge in [0.1, 0.15) is 6.10 Å². The van der Waals surface area contributed by atoms with Crippen molar-refractivity contribution >= 4 is 5.91 Å². The normalized spacial score (nSPS) is 14.4. The van der Waals surface area contributed by atoms with Crippen molar-refractivity contribution in [3.63, 3.8) is 0 Å². The molecule has 0 spiro atoms. The minimum Gasteiger partial charge on any atom is -0.390 e. The van der Waals surface area contributed by atoms with Gasteiger partial charge >= 0.3 is 0 Å². The molecule has 1 aromatic rings. The number of amides is 1. The predicted molar refractivity (Wildman–Crippen MR) is 60.5 cm³/mol. The molecule has 4 nitrogen and oxygen atoms in total. The molecular weight excluding hydrogens is 206 g/mol. The molecule has 0 bridgehead atoms. The molecule has 0 heterocycles. The third kappa shape index (κ3) is 4.00. The van der Waals surface area contributed by atoms with Crippen LogP contribution in [-0.2, 0) is 4.79 Å². The molecule has 0 fully saturated rings. The average molecular weight is 223 g/mol. The summed E-state index contributed by atoms with van der Waals surface area (Å²) in [5, 5.41) is 19.5. The zero-order valence-electron chi connectivity index (χ0n) is 9.04. The Hall–Kier alpha value is -1.39. The second kappa shape index (κ2) is 6.25. The smallest absolute Gasteiger partial charge is 0.217 e. The lowest BCUT2D eigenvalue weighted by Crippen LogP contribution is -2.19. The standard InChI is InChI=1S/C12H17NO3/c13-11(15)8-4-7-10(14)12(16)9-5-2-1-3-6-9/h1-3,5-6,10,12,14,16H,4,7-8H2,(H2,13,15). The summed E-state index contributed by atoms with van der Waals surface area (Å²) in [6.45, 7) is 0. The van der Waals surface area contributed by atoms with Crippen LogP contribution in [0.15, 0.2) is 30.3 Å². The van der Waals surface area contributed by atoms with E-state index >= 15 is 0 Å². The summed E-state index contributed by atoms with van der Waals surface area (Å²) in [6.07, 6.45) is -0.686. The number of hydrogen-bond acceptors (Lipinski definition) is 3. The Morgan fingerprint density at radius 2 is 1.88 bits per heavy atom. The molecule has 2 atom stereocenters. The van der Waals surface area contributed by atoms with Gasteiger partial charge in [0.05, 0.1) is 6.10 Å². The Balaban J connectivity index is 2.42. The molecule has 0 aliphatic rings. The van der Waals surface area contributed by atoms with Crippen molar-refractivity contribution < 1.29 is 15.0 Å². The Bertz CT molecular complexity index is 326. The Labute approximate surface area is 94.7 Å². The minimum absolute atomic E-state index is 0.235. The van der Waals surface area contributed by atoms with Gasteiger partial charge in [-0.3, -0.25) is 4.79 Å². The van der Waals surface area contributed by atoms with E-state index < -0.39 is 12.2 Å². The maximum absolute atomic E-state index is 10.5. The number of primary amides is 1. The van der Waals surface area contributed by atoms with E-state index in [0.29, 0.717) is 18.4 Å². The van der Waals surface area contributed by atoms with Crippen LogP contribution in [0.1, 0.15) is 30.9 Å². The number of benzene rings is 1. The molecule has 0 aromatic heterocycles. The summed E-state index contributed by atoms with van der Waals surface area (Å²) >= 11 is 0. The highest BCUT2D eigenvalue weighted by atomic mass is 16.3. The van der Waals surface area contributed by atoms with Crippen molar-refractivity contribution in [1.82, 2.24) is 0 Å². The highest BCUT2D eigenvalue weighted by Gasteiger charge is 2.17. The average Bonchev–Trinajstić information content (AvgIpc) is 2.28. The van der Waals surface area contributed by atoms with Crippen LogP contribution in [0, 0.1) is 0 Å². The molecule has 0 radical (unpaired) electrons. The first kappa shape index (κ1) is 12.7. The van der Waals surface area contributed by atoms with Crippen LogP contribution in [-0.4, -0.2) is 22.2 Å². The second-order valence-electron chi connectivity index (χ2n) is 3.78. The number of aliphatic hydroxyl groups is 2. The lowest BCUT2D eigenvalue weighted by molar-refractivity contribution is -0.118. The van der Waals surface area contributed by atoms with Crippen LogP contribution in [0.4, 0.5) is 0 Å². The van der Waals surface area contributed by atoms with E-state index in [-0.39, 0.29) is 12.3 Å². The molecule has 4 heteroatoms. The molecule has 0 aliphatic carbocycles. The third-order valence-electron chi connectivity index (χ3n) is 2.43. The molecule has 0 saturated heterocycles. The number of carbonyl (C=O) groups excluding carboxylic acids is 1. The molecule has 1 rings (SSSR count). The quantitative estimate of drug-likeness (QED) is 0.665. The Morgan fingerprint density at radius 3 is 2.44 bits per heavy atom. The van der Waals surface area contributed by atoms with Crippen molar-refractivity contribution in [1.29, 1.82) is 0 Å². The zero-order chi connectivity index (χ0) is 12.0. The van der Waals surface area contributed by atoms with Gasteiger partial charge in [0.25, 0.3) is 0 Å². The fourth-order valence-electron chi connectivity index (χ4n) is 1.52. The van der Waals surface area contributed by atoms with Crippen molar-refractivity contribution in [2.45, 2.75) is 31.5 Å². The minimum atomic E-state index is -0.908. The first-order chi connectivity index (χ1) is 7.61. The molecule has 1 amide bonds. The summed E-state index contributed by atoms with van der Waals surface area (Å²) in [7, 11) is 0. The summed E-state index contributed by atoms with van der Waals surface area (Å²) in [6, 6.07) is 8.95. The van der Waals surface area contributed by atoms with E-state index in [1.54, 1.807) is 24.3 Å². The van der Waals surface area contributed by atoms with Gasteiger partial charge in [-0.15, -0.1) is 0 Å². The number of hydrogen-bond donors (Lipinski definition) is 3. The van der Waals surface area contributed by atoms with Crippen LogP contribution in [0.2, 0.25) is 0 Å². The van der Waals surface area contributed by atoms with Crippen molar-refractivity contribution in [3.8, 4) is 0 Å². The second-order valence-corrected chi connectivity index (χ2v) is 3.78. The van der Waals surface area contributed by atoms with Crippen molar-refractivity contribution in [2.24, 2.45) is 5.73 Å². The summed E-state index contributed by atoms with van der Waals surface area (Å²) in [5.41, 5.74) is 5.66. The van der Waals surface area contributed by atoms with Crippen LogP contribution in [0.5, 0.6) is 0 Å². The number of aliphatic hydroxyl groups excluding tert-OH is 2. The van der Waals surface area contributed by atoms with Gasteiger partial charge in [-0.25, -0.2) is 0 Å². The highest BCUT2D eigenvalue weighted by Crippen LogP contribution is 2.19. The van der Waals surface area contributed by atoms with Gasteiger partial charge < -0.3 is 15.9 Å². The predicted octanol–water partition coefficient (Wildman–Crippen LogP) is 0.736. The van der Waals surface area contributed by atoms with Crippen LogP contribution < -0.4 is 5.73 Å². The van der Waals surface area contributed by atoms with Gasteiger partial charge in [-0.1, -0.05) is 30.3 Å². The molecular formula is C12H17NO3. The Kier molecular flexibility index (Phi) is 4.95. The molecule has 0 saturated carbocycles. The fourth-order valence-corrected chi connectivity index (χ4v) is 1.52. The lowest BCUT2D eigenvalue weighted by Gasteiger charge is -2.17. The number of carbonyl (C=O) groups is 1. The molecule has 4 N–H and O–H groups in total. The summed E-state index contributed by atoms with van der Waals surface area (Å²) in [4.78, 5) is 10.5. The van der Waals surface area contributed by atoms with Crippen LogP contribution in [0.25, 0.3) is 0 Å². The summed E-state index contributed by atoms with van der Waals surface area (Å²) in [5.74, 6) is -0.388. The van der Waals surface area contributed by atoms with E-state index in [4.69, 9.17) is 5.73 Å². The molecule has 1 aromatic carbocycles. The first-order valence-corrected chi connectivity index (χ1v) is 5.30. The third-order valence-corrected chi connectivity index (χ3v) is 2.43. The van der Waals surface area contributed by atoms with E-state index in [2.05, 4.69) is 0 Å². The lowest BCUT2D eigenvalue weighted by atomic mass is 10.0. The number of rotatable bonds is 6. The van der Waals surface area contributed by atoms with Crippen molar-refractivity contribution in [2.75, 3.05) is 0 Å².